The molecule has 0 aliphatic carbocycles. The van der Waals surface area contributed by atoms with Crippen LogP contribution in [0.2, 0.25) is 0 Å². The Balaban J connectivity index is 1.27. The SMILES string of the molecule is N#Cc1ccccc1N1CCCN(C(=O)NCCc2nccn2Cc2ccccc2)CC1. The first-order valence-corrected chi connectivity index (χ1v) is 11.1. The molecule has 1 fully saturated rings. The van der Waals surface area contributed by atoms with Crippen LogP contribution >= 0.6 is 0 Å². The summed E-state index contributed by atoms with van der Waals surface area (Å²) in [5, 5.41) is 12.4. The van der Waals surface area contributed by atoms with E-state index >= 15 is 0 Å². The number of carbonyl (C=O) groups excluding carboxylic acids is 1. The molecule has 3 aromatic rings. The van der Waals surface area contributed by atoms with Gasteiger partial charge in [-0.2, -0.15) is 5.26 Å². The summed E-state index contributed by atoms with van der Waals surface area (Å²) < 4.78 is 2.12. The molecule has 1 aliphatic rings. The topological polar surface area (TPSA) is 77.2 Å². The van der Waals surface area contributed by atoms with E-state index in [0.717, 1.165) is 31.0 Å². The number of nitrogens with one attached hydrogen (secondary N) is 1. The van der Waals surface area contributed by atoms with Crippen LogP contribution in [0.4, 0.5) is 10.5 Å². The lowest BCUT2D eigenvalue weighted by Crippen LogP contribution is -2.42. The van der Waals surface area contributed by atoms with E-state index in [4.69, 9.17) is 0 Å². The van der Waals surface area contributed by atoms with E-state index in [-0.39, 0.29) is 6.03 Å². The zero-order chi connectivity index (χ0) is 22.2. The van der Waals surface area contributed by atoms with Gasteiger partial charge in [0, 0.05) is 58.1 Å². The third kappa shape index (κ3) is 5.27. The molecule has 0 bridgehead atoms. The number of rotatable bonds is 6. The number of aromatic nitrogens is 2. The van der Waals surface area contributed by atoms with Gasteiger partial charge >= 0.3 is 6.03 Å². The van der Waals surface area contributed by atoms with Gasteiger partial charge in [0.05, 0.1) is 11.3 Å². The normalized spacial score (nSPS) is 14.0. The molecule has 0 radical (unpaired) electrons. The molecule has 0 spiro atoms. The average Bonchev–Trinajstić information content (AvgIpc) is 3.11. The minimum Gasteiger partial charge on any atom is -0.369 e. The molecule has 1 N–H and O–H groups in total. The van der Waals surface area contributed by atoms with E-state index in [1.54, 1.807) is 0 Å². The van der Waals surface area contributed by atoms with Gasteiger partial charge in [-0.15, -0.1) is 0 Å². The highest BCUT2D eigenvalue weighted by molar-refractivity contribution is 5.74. The quantitative estimate of drug-likeness (QED) is 0.654. The largest absolute Gasteiger partial charge is 0.369 e. The molecule has 0 atom stereocenters. The van der Waals surface area contributed by atoms with Crippen molar-refractivity contribution in [2.24, 2.45) is 0 Å². The van der Waals surface area contributed by atoms with Gasteiger partial charge in [-0.1, -0.05) is 42.5 Å². The number of imidazole rings is 1. The van der Waals surface area contributed by atoms with Crippen LogP contribution in [-0.2, 0) is 13.0 Å². The van der Waals surface area contributed by atoms with Crippen LogP contribution in [0.15, 0.2) is 67.0 Å². The predicted molar refractivity (Wildman–Crippen MR) is 124 cm³/mol. The summed E-state index contributed by atoms with van der Waals surface area (Å²) in [6.45, 7) is 4.21. The molecular formula is C25H28N6O. The van der Waals surface area contributed by atoms with E-state index in [1.165, 1.54) is 5.56 Å². The lowest BCUT2D eigenvalue weighted by Gasteiger charge is -2.24. The van der Waals surface area contributed by atoms with Crippen molar-refractivity contribution < 1.29 is 4.79 Å². The van der Waals surface area contributed by atoms with Crippen molar-refractivity contribution in [2.75, 3.05) is 37.6 Å². The van der Waals surface area contributed by atoms with Gasteiger partial charge in [0.25, 0.3) is 0 Å². The van der Waals surface area contributed by atoms with Gasteiger partial charge in [-0.3, -0.25) is 0 Å². The molecule has 2 heterocycles. The molecule has 0 saturated carbocycles. The number of hydrogen-bond acceptors (Lipinski definition) is 4. The van der Waals surface area contributed by atoms with Crippen LogP contribution in [0.5, 0.6) is 0 Å². The Hall–Kier alpha value is -3.79. The first-order chi connectivity index (χ1) is 15.7. The molecule has 1 aliphatic heterocycles. The van der Waals surface area contributed by atoms with E-state index in [0.29, 0.717) is 38.2 Å². The third-order valence-corrected chi connectivity index (χ3v) is 5.77. The van der Waals surface area contributed by atoms with Crippen molar-refractivity contribution in [2.45, 2.75) is 19.4 Å². The summed E-state index contributed by atoms with van der Waals surface area (Å²) in [7, 11) is 0. The Kier molecular flexibility index (Phi) is 7.03. The molecule has 0 unspecified atom stereocenters. The van der Waals surface area contributed by atoms with E-state index in [1.807, 2.05) is 59.8 Å². The summed E-state index contributed by atoms with van der Waals surface area (Å²) in [6, 6.07) is 20.2. The van der Waals surface area contributed by atoms with Crippen molar-refractivity contribution in [1.82, 2.24) is 19.8 Å². The Labute approximate surface area is 188 Å². The maximum absolute atomic E-state index is 12.7. The predicted octanol–water partition coefficient (Wildman–Crippen LogP) is 3.27. The minimum absolute atomic E-state index is 0.0402. The second-order valence-corrected chi connectivity index (χ2v) is 7.90. The first kappa shape index (κ1) is 21.4. The van der Waals surface area contributed by atoms with E-state index in [2.05, 4.69) is 38.0 Å². The van der Waals surface area contributed by atoms with Crippen LogP contribution in [0, 0.1) is 11.3 Å². The molecule has 164 valence electrons. The van der Waals surface area contributed by atoms with Gasteiger partial charge < -0.3 is 19.7 Å². The lowest BCUT2D eigenvalue weighted by molar-refractivity contribution is 0.201. The third-order valence-electron chi connectivity index (χ3n) is 5.77. The standard InChI is InChI=1S/C25H28N6O/c26-19-22-9-4-5-10-23(22)29-14-6-15-30(18-17-29)25(32)28-12-11-24-27-13-16-31(24)20-21-7-2-1-3-8-21/h1-5,7-10,13,16H,6,11-12,14-15,17-18,20H2,(H,28,32). The van der Waals surface area contributed by atoms with Crippen LogP contribution in [0.1, 0.15) is 23.4 Å². The van der Waals surface area contributed by atoms with E-state index < -0.39 is 0 Å². The molecule has 7 heteroatoms. The Bertz CT molecular complexity index is 1070. The fraction of sp³-hybridized carbons (Fsp3) is 0.320. The molecule has 32 heavy (non-hydrogen) atoms. The van der Waals surface area contributed by atoms with Crippen molar-refractivity contribution in [3.8, 4) is 6.07 Å². The second kappa shape index (κ2) is 10.5. The summed E-state index contributed by atoms with van der Waals surface area (Å²) in [6.07, 6.45) is 5.34. The molecular weight excluding hydrogens is 400 g/mol. The van der Waals surface area contributed by atoms with Crippen LogP contribution < -0.4 is 10.2 Å². The first-order valence-electron chi connectivity index (χ1n) is 11.1. The Morgan fingerprint density at radius 3 is 2.69 bits per heavy atom. The van der Waals surface area contributed by atoms with Gasteiger partial charge in [0.2, 0.25) is 0 Å². The lowest BCUT2D eigenvalue weighted by atomic mass is 10.1. The maximum Gasteiger partial charge on any atom is 0.317 e. The summed E-state index contributed by atoms with van der Waals surface area (Å²) in [5.74, 6) is 0.962. The zero-order valence-corrected chi connectivity index (χ0v) is 18.2. The maximum atomic E-state index is 12.7. The number of anilines is 1. The average molecular weight is 429 g/mol. The highest BCUT2D eigenvalue weighted by atomic mass is 16.2. The molecule has 7 nitrogen and oxygen atoms in total. The minimum atomic E-state index is -0.0402. The second-order valence-electron chi connectivity index (χ2n) is 7.90. The van der Waals surface area contributed by atoms with E-state index in [9.17, 15) is 10.1 Å². The van der Waals surface area contributed by atoms with Crippen molar-refractivity contribution >= 4 is 11.7 Å². The van der Waals surface area contributed by atoms with Gasteiger partial charge in [-0.25, -0.2) is 9.78 Å². The molecule has 1 saturated heterocycles. The number of urea groups is 1. The highest BCUT2D eigenvalue weighted by Crippen LogP contribution is 2.21. The van der Waals surface area contributed by atoms with Crippen LogP contribution in [0.25, 0.3) is 0 Å². The monoisotopic (exact) mass is 428 g/mol. The Morgan fingerprint density at radius 1 is 1.03 bits per heavy atom. The van der Waals surface area contributed by atoms with Gasteiger partial charge in [0.1, 0.15) is 11.9 Å². The highest BCUT2D eigenvalue weighted by Gasteiger charge is 2.20. The summed E-state index contributed by atoms with van der Waals surface area (Å²) >= 11 is 0. The zero-order valence-electron chi connectivity index (χ0n) is 18.2. The number of hydrogen-bond donors (Lipinski definition) is 1. The molecule has 2 aromatic carbocycles. The van der Waals surface area contributed by atoms with Gasteiger partial charge in [-0.05, 0) is 24.1 Å². The Morgan fingerprint density at radius 2 is 1.84 bits per heavy atom. The molecule has 2 amide bonds. The summed E-state index contributed by atoms with van der Waals surface area (Å²) in [4.78, 5) is 21.3. The van der Waals surface area contributed by atoms with Crippen LogP contribution in [0.3, 0.4) is 0 Å². The fourth-order valence-electron chi connectivity index (χ4n) is 4.09. The molecule has 4 rings (SSSR count). The van der Waals surface area contributed by atoms with Gasteiger partial charge in [0.15, 0.2) is 0 Å². The molecule has 1 aromatic heterocycles. The fourth-order valence-corrected chi connectivity index (χ4v) is 4.09. The number of nitrogens with zero attached hydrogens (tertiary/aromatic N) is 5. The smallest absolute Gasteiger partial charge is 0.317 e. The van der Waals surface area contributed by atoms with Crippen molar-refractivity contribution in [1.29, 1.82) is 5.26 Å². The number of nitriles is 1. The number of amides is 2. The number of benzene rings is 2. The number of para-hydroxylation sites is 1. The van der Waals surface area contributed by atoms with Crippen molar-refractivity contribution in [3.63, 3.8) is 0 Å². The number of carbonyl (C=O) groups is 1. The van der Waals surface area contributed by atoms with Crippen LogP contribution in [-0.4, -0.2) is 53.2 Å². The van der Waals surface area contributed by atoms with Crippen molar-refractivity contribution in [3.05, 3.63) is 83.9 Å². The summed E-state index contributed by atoms with van der Waals surface area (Å²) in [5.41, 5.74) is 2.85.